The van der Waals surface area contributed by atoms with Gasteiger partial charge in [0.2, 0.25) is 0 Å². The van der Waals surface area contributed by atoms with Gasteiger partial charge in [0.1, 0.15) is 0 Å². The van der Waals surface area contributed by atoms with E-state index < -0.39 is 16.0 Å². The van der Waals surface area contributed by atoms with E-state index in [-0.39, 0.29) is 0 Å². The fraction of sp³-hybridized carbons (Fsp3) is 1.00. The highest BCUT2D eigenvalue weighted by Gasteiger charge is 2.33. The van der Waals surface area contributed by atoms with Gasteiger partial charge in [-0.25, -0.2) is 4.18 Å². The fourth-order valence-electron chi connectivity index (χ4n) is 2.09. The molecule has 0 bridgehead atoms. The molecule has 0 heterocycles. The Morgan fingerprint density at radius 3 is 1.53 bits per heavy atom. The van der Waals surface area contributed by atoms with Gasteiger partial charge in [-0.05, 0) is 19.3 Å². The summed E-state index contributed by atoms with van der Waals surface area (Å²) in [5, 5.41) is 0. The first-order valence-electron chi connectivity index (χ1n) is 5.57. The van der Waals surface area contributed by atoms with Crippen LogP contribution in [0, 0.1) is 0 Å². The van der Waals surface area contributed by atoms with Crippen LogP contribution in [0.5, 0.6) is 0 Å². The lowest BCUT2D eigenvalue weighted by Gasteiger charge is -2.31. The minimum atomic E-state index is -4.35. The third-order valence-electron chi connectivity index (χ3n) is 2.40. The smallest absolute Gasteiger partial charge is 0.264 e. The average Bonchev–Trinajstić information content (AvgIpc) is 2.01. The van der Waals surface area contributed by atoms with Crippen LogP contribution in [0.25, 0.3) is 0 Å². The van der Waals surface area contributed by atoms with Crippen LogP contribution in [-0.2, 0) is 14.6 Å². The molecule has 0 aliphatic rings. The lowest BCUT2D eigenvalue weighted by Crippen LogP contribution is -2.34. The molecule has 0 aromatic heterocycles. The normalized spacial score (nSPS) is 13.1. The molecule has 0 aliphatic heterocycles. The van der Waals surface area contributed by atoms with Crippen molar-refractivity contribution in [1.82, 2.24) is 0 Å². The lowest BCUT2D eigenvalue weighted by molar-refractivity contribution is 0.0341. The Morgan fingerprint density at radius 1 is 1.00 bits per heavy atom. The van der Waals surface area contributed by atoms with Gasteiger partial charge in [0.25, 0.3) is 0 Å². The Hall–Kier alpha value is -0.130. The molecule has 0 rings (SSSR count). The van der Waals surface area contributed by atoms with Crippen LogP contribution in [0.4, 0.5) is 0 Å². The monoisotopic (exact) mass is 238 g/mol. The van der Waals surface area contributed by atoms with Crippen molar-refractivity contribution in [2.45, 2.75) is 64.9 Å². The van der Waals surface area contributed by atoms with Crippen molar-refractivity contribution < 1.29 is 17.2 Å². The molecule has 1 N–H and O–H groups in total. The first-order valence-corrected chi connectivity index (χ1v) is 6.93. The van der Waals surface area contributed by atoms with Crippen LogP contribution >= 0.6 is 0 Å². The highest BCUT2D eigenvalue weighted by Crippen LogP contribution is 2.31. The molecule has 0 fully saturated rings. The third kappa shape index (κ3) is 6.12. The maximum absolute atomic E-state index is 10.8. The van der Waals surface area contributed by atoms with Crippen molar-refractivity contribution >= 4 is 10.4 Å². The van der Waals surface area contributed by atoms with E-state index in [1.807, 2.05) is 20.8 Å². The second-order valence-electron chi connectivity index (χ2n) is 3.94. The molecule has 0 unspecified atom stereocenters. The van der Waals surface area contributed by atoms with Gasteiger partial charge in [0.05, 0.1) is 5.60 Å². The van der Waals surface area contributed by atoms with Crippen LogP contribution in [0.2, 0.25) is 0 Å². The topological polar surface area (TPSA) is 63.6 Å². The Labute approximate surface area is 93.0 Å². The summed E-state index contributed by atoms with van der Waals surface area (Å²) in [6, 6.07) is 0. The molecule has 92 valence electrons. The largest absolute Gasteiger partial charge is 0.397 e. The van der Waals surface area contributed by atoms with Crippen molar-refractivity contribution in [3.63, 3.8) is 0 Å². The number of rotatable bonds is 8. The molecule has 5 heteroatoms. The summed E-state index contributed by atoms with van der Waals surface area (Å²) in [7, 11) is -4.35. The van der Waals surface area contributed by atoms with Crippen LogP contribution < -0.4 is 0 Å². The van der Waals surface area contributed by atoms with Crippen molar-refractivity contribution in [1.29, 1.82) is 0 Å². The molecule has 0 saturated carbocycles. The molecule has 0 aromatic carbocycles. The molecule has 4 nitrogen and oxygen atoms in total. The average molecular weight is 238 g/mol. The van der Waals surface area contributed by atoms with Gasteiger partial charge >= 0.3 is 10.4 Å². The van der Waals surface area contributed by atoms with Crippen molar-refractivity contribution in [3.05, 3.63) is 0 Å². The van der Waals surface area contributed by atoms with Gasteiger partial charge in [0.15, 0.2) is 0 Å². The summed E-state index contributed by atoms with van der Waals surface area (Å²) in [4.78, 5) is 0. The minimum absolute atomic E-state index is 0.661. The van der Waals surface area contributed by atoms with E-state index in [0.717, 1.165) is 19.3 Å². The summed E-state index contributed by atoms with van der Waals surface area (Å²) in [6.45, 7) is 5.94. The fourth-order valence-corrected chi connectivity index (χ4v) is 2.79. The number of hydrogen-bond donors (Lipinski definition) is 1. The van der Waals surface area contributed by atoms with Crippen molar-refractivity contribution in [2.75, 3.05) is 0 Å². The quantitative estimate of drug-likeness (QED) is 0.660. The maximum Gasteiger partial charge on any atom is 0.397 e. The second kappa shape index (κ2) is 6.45. The summed E-state index contributed by atoms with van der Waals surface area (Å²) in [6.07, 6.45) is 4.51. The minimum Gasteiger partial charge on any atom is -0.264 e. The van der Waals surface area contributed by atoms with Crippen LogP contribution in [0.15, 0.2) is 0 Å². The third-order valence-corrected chi connectivity index (χ3v) is 2.96. The van der Waals surface area contributed by atoms with E-state index in [1.165, 1.54) is 0 Å². The highest BCUT2D eigenvalue weighted by atomic mass is 32.3. The summed E-state index contributed by atoms with van der Waals surface area (Å²) in [5.41, 5.74) is -0.703. The van der Waals surface area contributed by atoms with Gasteiger partial charge in [-0.2, -0.15) is 8.42 Å². The van der Waals surface area contributed by atoms with E-state index in [0.29, 0.717) is 19.3 Å². The van der Waals surface area contributed by atoms with E-state index >= 15 is 0 Å². The molecule has 0 saturated heterocycles. The first kappa shape index (κ1) is 14.9. The molecular formula is C10H22O4S. The maximum atomic E-state index is 10.8. The molecule has 0 atom stereocenters. The first-order chi connectivity index (χ1) is 6.89. The Bertz CT molecular complexity index is 242. The zero-order valence-electron chi connectivity index (χ0n) is 9.82. The summed E-state index contributed by atoms with van der Waals surface area (Å²) < 4.78 is 35.3. The van der Waals surface area contributed by atoms with E-state index in [1.54, 1.807) is 0 Å². The van der Waals surface area contributed by atoms with Crippen molar-refractivity contribution in [2.24, 2.45) is 0 Å². The van der Waals surface area contributed by atoms with Crippen LogP contribution in [-0.4, -0.2) is 18.6 Å². The van der Waals surface area contributed by atoms with Gasteiger partial charge in [-0.3, -0.25) is 4.55 Å². The molecule has 0 radical (unpaired) electrons. The molecule has 0 aromatic rings. The molecule has 15 heavy (non-hydrogen) atoms. The number of hydrogen-bond acceptors (Lipinski definition) is 3. The second-order valence-corrected chi connectivity index (χ2v) is 4.97. The predicted octanol–water partition coefficient (Wildman–Crippen LogP) is 2.94. The van der Waals surface area contributed by atoms with Gasteiger partial charge in [-0.1, -0.05) is 40.0 Å². The highest BCUT2D eigenvalue weighted by molar-refractivity contribution is 7.80. The van der Waals surface area contributed by atoms with Crippen molar-refractivity contribution in [3.8, 4) is 0 Å². The summed E-state index contributed by atoms with van der Waals surface area (Å²) in [5.74, 6) is 0. The van der Waals surface area contributed by atoms with Gasteiger partial charge in [-0.15, -0.1) is 0 Å². The molecule has 0 amide bonds. The standard InChI is InChI=1S/C10H22O4S/c1-4-7-10(8-5-2,9-6-3)14-15(11,12)13/h4-9H2,1-3H3,(H,11,12,13). The van der Waals surface area contributed by atoms with E-state index in [2.05, 4.69) is 0 Å². The van der Waals surface area contributed by atoms with E-state index in [9.17, 15) is 8.42 Å². The predicted molar refractivity (Wildman–Crippen MR) is 60.1 cm³/mol. The Kier molecular flexibility index (Phi) is 6.40. The van der Waals surface area contributed by atoms with Gasteiger partial charge in [0, 0.05) is 0 Å². The lowest BCUT2D eigenvalue weighted by atomic mass is 9.88. The van der Waals surface area contributed by atoms with Crippen LogP contribution in [0.3, 0.4) is 0 Å². The summed E-state index contributed by atoms with van der Waals surface area (Å²) >= 11 is 0. The van der Waals surface area contributed by atoms with Crippen LogP contribution in [0.1, 0.15) is 59.3 Å². The Morgan fingerprint density at radius 2 is 1.33 bits per heavy atom. The molecule has 0 spiro atoms. The zero-order valence-corrected chi connectivity index (χ0v) is 10.6. The van der Waals surface area contributed by atoms with E-state index in [4.69, 9.17) is 8.74 Å². The molecular weight excluding hydrogens is 216 g/mol. The van der Waals surface area contributed by atoms with Gasteiger partial charge < -0.3 is 0 Å². The molecule has 0 aliphatic carbocycles. The zero-order chi connectivity index (χ0) is 11.9. The Balaban J connectivity index is 4.75. The SMILES string of the molecule is CCCC(CCC)(CCC)OS(=O)(=O)O.